The van der Waals surface area contributed by atoms with Gasteiger partial charge in [0, 0.05) is 25.8 Å². The molecule has 3 N–H and O–H groups in total. The molecule has 1 unspecified atom stereocenters. The van der Waals surface area contributed by atoms with Crippen LogP contribution in [0.25, 0.3) is 0 Å². The molecule has 3 aliphatic rings. The van der Waals surface area contributed by atoms with Crippen LogP contribution in [0.5, 0.6) is 0 Å². The Hall–Kier alpha value is -1.97. The highest BCUT2D eigenvalue weighted by atomic mass is 32.2. The van der Waals surface area contributed by atoms with Crippen LogP contribution in [0.2, 0.25) is 0 Å². The van der Waals surface area contributed by atoms with Gasteiger partial charge in [0.25, 0.3) is 5.91 Å². The van der Waals surface area contributed by atoms with Gasteiger partial charge in [-0.15, -0.1) is 0 Å². The van der Waals surface area contributed by atoms with E-state index >= 15 is 0 Å². The summed E-state index contributed by atoms with van der Waals surface area (Å²) >= 11 is 0. The number of anilines is 1. The van der Waals surface area contributed by atoms with Crippen LogP contribution in [-0.4, -0.2) is 68.5 Å². The molecule has 0 bridgehead atoms. The van der Waals surface area contributed by atoms with Crippen LogP contribution >= 0.6 is 0 Å². The van der Waals surface area contributed by atoms with Crippen LogP contribution in [0.3, 0.4) is 0 Å². The highest BCUT2D eigenvalue weighted by Crippen LogP contribution is 2.32. The highest BCUT2D eigenvalue weighted by Gasteiger charge is 2.48. The monoisotopic (exact) mass is 447 g/mol. The Bertz CT molecular complexity index is 967. The summed E-state index contributed by atoms with van der Waals surface area (Å²) in [5, 5.41) is 9.46. The summed E-state index contributed by atoms with van der Waals surface area (Å²) in [6.45, 7) is 5.65. The van der Waals surface area contributed by atoms with Crippen molar-refractivity contribution in [2.45, 2.75) is 57.5 Å². The largest absolute Gasteiger partial charge is 0.388 e. The Balaban J connectivity index is 1.40. The normalized spacial score (nSPS) is 23.8. The van der Waals surface area contributed by atoms with Crippen molar-refractivity contribution in [2.24, 2.45) is 4.99 Å². The van der Waals surface area contributed by atoms with Crippen LogP contribution in [0.15, 0.2) is 17.1 Å². The summed E-state index contributed by atoms with van der Waals surface area (Å²) in [5.74, 6) is 0.728. The van der Waals surface area contributed by atoms with E-state index in [9.17, 15) is 13.2 Å². The number of nitrogens with zero attached hydrogens (tertiary/aromatic N) is 2. The molecule has 1 spiro atoms. The molecule has 1 aromatic carbocycles. The zero-order valence-corrected chi connectivity index (χ0v) is 19.4. The first-order valence-electron chi connectivity index (χ1n) is 11.1. The number of aliphatic imine (C=N–C) groups is 1. The summed E-state index contributed by atoms with van der Waals surface area (Å²) < 4.78 is 27.6. The second-order valence-electron chi connectivity index (χ2n) is 8.94. The number of amides is 1. The van der Waals surface area contributed by atoms with Crippen LogP contribution in [0.4, 0.5) is 5.69 Å². The third-order valence-corrected chi connectivity index (χ3v) is 8.80. The second kappa shape index (κ2) is 8.52. The molecule has 1 atom stereocenters. The first kappa shape index (κ1) is 22.2. The molecule has 31 heavy (non-hydrogen) atoms. The molecule has 0 aromatic heterocycles. The van der Waals surface area contributed by atoms with Gasteiger partial charge in [0.15, 0.2) is 0 Å². The lowest BCUT2D eigenvalue weighted by atomic mass is 9.89. The van der Waals surface area contributed by atoms with Crippen LogP contribution in [0.1, 0.15) is 42.4 Å². The maximum atomic E-state index is 13.0. The minimum Gasteiger partial charge on any atom is -0.388 e. The molecule has 8 nitrogen and oxygen atoms in total. The van der Waals surface area contributed by atoms with Gasteiger partial charge in [0.1, 0.15) is 11.4 Å². The quantitative estimate of drug-likeness (QED) is 0.611. The lowest BCUT2D eigenvalue weighted by Crippen LogP contribution is -2.51. The molecule has 4 rings (SSSR count). The molecule has 2 saturated heterocycles. The fraction of sp³-hybridized carbons (Fsp3) is 0.636. The summed E-state index contributed by atoms with van der Waals surface area (Å²) in [4.78, 5) is 17.4. The van der Waals surface area contributed by atoms with Crippen molar-refractivity contribution in [3.8, 4) is 0 Å². The highest BCUT2D eigenvalue weighted by molar-refractivity contribution is 7.89. The van der Waals surface area contributed by atoms with Crippen molar-refractivity contribution in [3.63, 3.8) is 0 Å². The Labute approximate surface area is 184 Å². The van der Waals surface area contributed by atoms with Gasteiger partial charge in [0.2, 0.25) is 10.0 Å². The van der Waals surface area contributed by atoms with Crippen LogP contribution < -0.4 is 16.0 Å². The smallest absolute Gasteiger partial charge is 0.253 e. The number of nitrogens with one attached hydrogen (secondary N) is 3. The zero-order chi connectivity index (χ0) is 22.2. The van der Waals surface area contributed by atoms with Gasteiger partial charge in [0.05, 0.1) is 11.8 Å². The van der Waals surface area contributed by atoms with Gasteiger partial charge < -0.3 is 16.0 Å². The van der Waals surface area contributed by atoms with E-state index in [0.29, 0.717) is 32.4 Å². The van der Waals surface area contributed by atoms with E-state index in [1.165, 1.54) is 0 Å². The molecular formula is C22H33N5O3S. The van der Waals surface area contributed by atoms with Crippen molar-refractivity contribution < 1.29 is 13.2 Å². The van der Waals surface area contributed by atoms with E-state index in [4.69, 9.17) is 4.99 Å². The maximum Gasteiger partial charge on any atom is 0.253 e. The van der Waals surface area contributed by atoms with Crippen LogP contribution in [0, 0.1) is 13.8 Å². The van der Waals surface area contributed by atoms with Crippen molar-refractivity contribution in [1.82, 2.24) is 14.9 Å². The fourth-order valence-electron chi connectivity index (χ4n) is 4.99. The van der Waals surface area contributed by atoms with Gasteiger partial charge in [-0.05, 0) is 81.3 Å². The number of piperidine rings is 1. The molecule has 9 heteroatoms. The number of carbonyl (C=O) groups excluding carboxylic acids is 1. The lowest BCUT2D eigenvalue weighted by molar-refractivity contribution is -0.124. The van der Waals surface area contributed by atoms with E-state index in [2.05, 4.69) is 16.0 Å². The van der Waals surface area contributed by atoms with Crippen LogP contribution in [-0.2, 0) is 21.2 Å². The number of hydrogen-bond acceptors (Lipinski definition) is 6. The molecular weight excluding hydrogens is 414 g/mol. The number of carbonyl (C=O) groups is 1. The number of rotatable bonds is 6. The first-order chi connectivity index (χ1) is 14.7. The Morgan fingerprint density at radius 2 is 1.90 bits per heavy atom. The Morgan fingerprint density at radius 1 is 1.23 bits per heavy atom. The number of amidine groups is 1. The standard InChI is InChI=1S/C22H33N5O3S/c1-15-13-17(23-3)14-16(2)18(15)6-12-31(29,30)27-10-7-22(8-11-27)21(28)25-20(26-22)19-5-4-9-24-19/h13-14,19,23-24H,4-12H2,1-3H3,(H,25,26,28). The number of sulfonamides is 1. The Kier molecular flexibility index (Phi) is 6.11. The van der Waals surface area contributed by atoms with E-state index in [1.807, 2.05) is 33.0 Å². The summed E-state index contributed by atoms with van der Waals surface area (Å²) in [6.07, 6.45) is 3.41. The molecule has 3 aliphatic heterocycles. The second-order valence-corrected chi connectivity index (χ2v) is 11.0. The predicted octanol–water partition coefficient (Wildman–Crippen LogP) is 1.33. The number of hydrogen-bond donors (Lipinski definition) is 3. The van der Waals surface area contributed by atoms with Gasteiger partial charge in [-0.2, -0.15) is 0 Å². The average molecular weight is 448 g/mol. The summed E-state index contributed by atoms with van der Waals surface area (Å²) in [7, 11) is -1.52. The third kappa shape index (κ3) is 4.36. The molecule has 170 valence electrons. The summed E-state index contributed by atoms with van der Waals surface area (Å²) in [5.41, 5.74) is 3.52. The molecule has 0 aliphatic carbocycles. The third-order valence-electron chi connectivity index (χ3n) is 6.93. The fourth-order valence-corrected chi connectivity index (χ4v) is 6.45. The average Bonchev–Trinajstić information content (AvgIpc) is 3.37. The number of aryl methyl sites for hydroxylation is 2. The molecule has 0 radical (unpaired) electrons. The van der Waals surface area contributed by atoms with Crippen molar-refractivity contribution >= 4 is 27.5 Å². The molecule has 0 saturated carbocycles. The van der Waals surface area contributed by atoms with Crippen molar-refractivity contribution in [3.05, 3.63) is 28.8 Å². The first-order valence-corrected chi connectivity index (χ1v) is 12.8. The molecule has 1 amide bonds. The minimum atomic E-state index is -3.40. The Morgan fingerprint density at radius 3 is 2.48 bits per heavy atom. The summed E-state index contributed by atoms with van der Waals surface area (Å²) in [6, 6.07) is 4.21. The maximum absolute atomic E-state index is 13.0. The molecule has 1 aromatic rings. The number of benzene rings is 1. The van der Waals surface area contributed by atoms with Gasteiger partial charge >= 0.3 is 0 Å². The van der Waals surface area contributed by atoms with Crippen molar-refractivity contribution in [1.29, 1.82) is 0 Å². The van der Waals surface area contributed by atoms with E-state index in [-0.39, 0.29) is 17.7 Å². The molecule has 2 fully saturated rings. The SMILES string of the molecule is CNc1cc(C)c(CCS(=O)(=O)N2CCC3(CC2)N=C(C2CCCN2)NC3=O)c(C)c1. The zero-order valence-electron chi connectivity index (χ0n) is 18.6. The molecule has 3 heterocycles. The van der Waals surface area contributed by atoms with Crippen molar-refractivity contribution in [2.75, 3.05) is 37.8 Å². The topological polar surface area (TPSA) is 103 Å². The van der Waals surface area contributed by atoms with Gasteiger partial charge in [-0.1, -0.05) is 0 Å². The predicted molar refractivity (Wildman–Crippen MR) is 123 cm³/mol. The minimum absolute atomic E-state index is 0.0767. The van der Waals surface area contributed by atoms with E-state index < -0.39 is 15.6 Å². The van der Waals surface area contributed by atoms with E-state index in [0.717, 1.165) is 47.6 Å². The lowest BCUT2D eigenvalue weighted by Gasteiger charge is -2.34. The van der Waals surface area contributed by atoms with Gasteiger partial charge in [-0.3, -0.25) is 9.79 Å². The van der Waals surface area contributed by atoms with E-state index in [1.54, 1.807) is 4.31 Å². The van der Waals surface area contributed by atoms with Gasteiger partial charge in [-0.25, -0.2) is 12.7 Å².